The van der Waals surface area contributed by atoms with Gasteiger partial charge in [-0.2, -0.15) is 0 Å². The quantitative estimate of drug-likeness (QED) is 0.771. The molecule has 3 N–H and O–H groups in total. The number of benzene rings is 1. The molecule has 0 bridgehead atoms. The van der Waals surface area contributed by atoms with Crippen LogP contribution in [0.2, 0.25) is 5.02 Å². The van der Waals surface area contributed by atoms with Crippen LogP contribution in [0.25, 0.3) is 0 Å². The van der Waals surface area contributed by atoms with Crippen LogP contribution in [-0.2, 0) is 0 Å². The minimum atomic E-state index is -0.168. The van der Waals surface area contributed by atoms with Gasteiger partial charge in [0.25, 0.3) is 0 Å². The minimum Gasteiger partial charge on any atom is -0.333 e. The van der Waals surface area contributed by atoms with E-state index >= 15 is 0 Å². The van der Waals surface area contributed by atoms with Crippen LogP contribution in [0.5, 0.6) is 0 Å². The number of rotatable bonds is 4. The van der Waals surface area contributed by atoms with Gasteiger partial charge in [0.2, 0.25) is 0 Å². The monoisotopic (exact) mass is 282 g/mol. The number of anilines is 1. The minimum absolute atomic E-state index is 0.168. The van der Waals surface area contributed by atoms with Gasteiger partial charge >= 0.3 is 6.03 Å². The lowest BCUT2D eigenvalue weighted by Crippen LogP contribution is -3.13. The van der Waals surface area contributed by atoms with Crippen molar-refractivity contribution in [2.24, 2.45) is 0 Å². The summed E-state index contributed by atoms with van der Waals surface area (Å²) in [7, 11) is 0. The highest BCUT2D eigenvalue weighted by Gasteiger charge is 2.13. The normalized spacial score (nSPS) is 16.1. The first kappa shape index (κ1) is 14.2. The first-order chi connectivity index (χ1) is 9.24. The van der Waals surface area contributed by atoms with Gasteiger partial charge in [0.05, 0.1) is 26.2 Å². The van der Waals surface area contributed by atoms with Gasteiger partial charge < -0.3 is 15.5 Å². The number of hydrogen-bond acceptors (Lipinski definition) is 1. The summed E-state index contributed by atoms with van der Waals surface area (Å²) in [4.78, 5) is 13.3. The summed E-state index contributed by atoms with van der Waals surface area (Å²) in [5.74, 6) is 0. The number of likely N-dealkylation sites (tertiary alicyclic amines) is 1. The molecule has 0 radical (unpaired) electrons. The van der Waals surface area contributed by atoms with Gasteiger partial charge in [0.15, 0.2) is 0 Å². The average molecular weight is 283 g/mol. The second-order valence-corrected chi connectivity index (χ2v) is 5.39. The van der Waals surface area contributed by atoms with E-state index in [0.29, 0.717) is 11.6 Å². The highest BCUT2D eigenvalue weighted by atomic mass is 35.5. The molecule has 0 saturated carbocycles. The van der Waals surface area contributed by atoms with Crippen molar-refractivity contribution in [1.29, 1.82) is 0 Å². The van der Waals surface area contributed by atoms with Gasteiger partial charge in [0, 0.05) is 10.7 Å². The molecule has 104 valence electrons. The van der Waals surface area contributed by atoms with Gasteiger partial charge in [-0.25, -0.2) is 4.79 Å². The first-order valence-corrected chi connectivity index (χ1v) is 7.26. The molecular weight excluding hydrogens is 262 g/mol. The van der Waals surface area contributed by atoms with Crippen molar-refractivity contribution < 1.29 is 9.69 Å². The molecule has 1 aromatic carbocycles. The van der Waals surface area contributed by atoms with E-state index in [1.807, 2.05) is 12.1 Å². The van der Waals surface area contributed by atoms with Crippen LogP contribution in [0.4, 0.5) is 10.5 Å². The number of nitrogens with one attached hydrogen (secondary N) is 3. The Bertz CT molecular complexity index is 419. The zero-order valence-corrected chi connectivity index (χ0v) is 11.8. The summed E-state index contributed by atoms with van der Waals surface area (Å²) in [6.45, 7) is 4.18. The predicted molar refractivity (Wildman–Crippen MR) is 77.9 cm³/mol. The fourth-order valence-electron chi connectivity index (χ4n) is 2.40. The van der Waals surface area contributed by atoms with Crippen LogP contribution >= 0.6 is 11.6 Å². The number of quaternary nitrogens is 1. The fourth-order valence-corrected chi connectivity index (χ4v) is 2.59. The summed E-state index contributed by atoms with van der Waals surface area (Å²) in [5.41, 5.74) is 0.718. The molecule has 1 heterocycles. The lowest BCUT2D eigenvalue weighted by molar-refractivity contribution is -0.903. The second-order valence-electron chi connectivity index (χ2n) is 4.95. The van der Waals surface area contributed by atoms with Gasteiger partial charge in [-0.3, -0.25) is 0 Å². The van der Waals surface area contributed by atoms with Crippen molar-refractivity contribution in [2.75, 3.05) is 31.5 Å². The lowest BCUT2D eigenvalue weighted by atomic mass is 10.1. The van der Waals surface area contributed by atoms with E-state index in [2.05, 4.69) is 10.6 Å². The highest BCUT2D eigenvalue weighted by Crippen LogP contribution is 2.14. The van der Waals surface area contributed by atoms with E-state index < -0.39 is 0 Å². The molecule has 1 aromatic rings. The Morgan fingerprint density at radius 3 is 2.79 bits per heavy atom. The second kappa shape index (κ2) is 7.36. The number of amides is 2. The van der Waals surface area contributed by atoms with Gasteiger partial charge in [-0.05, 0) is 37.5 Å². The number of urea groups is 1. The molecule has 1 saturated heterocycles. The third-order valence-electron chi connectivity index (χ3n) is 3.41. The van der Waals surface area contributed by atoms with E-state index in [1.54, 1.807) is 17.0 Å². The molecule has 4 nitrogen and oxygen atoms in total. The Morgan fingerprint density at radius 1 is 1.26 bits per heavy atom. The summed E-state index contributed by atoms with van der Waals surface area (Å²) >= 11 is 5.86. The van der Waals surface area contributed by atoms with Crippen LogP contribution in [0.3, 0.4) is 0 Å². The summed E-state index contributed by atoms with van der Waals surface area (Å²) in [6, 6.07) is 6.98. The molecule has 0 unspecified atom stereocenters. The predicted octanol–water partition coefficient (Wildman–Crippen LogP) is 1.53. The molecule has 1 fully saturated rings. The van der Waals surface area contributed by atoms with Crippen LogP contribution < -0.4 is 15.5 Å². The van der Waals surface area contributed by atoms with Gasteiger partial charge in [-0.1, -0.05) is 17.7 Å². The van der Waals surface area contributed by atoms with E-state index in [9.17, 15) is 4.79 Å². The SMILES string of the molecule is O=C(NCC[NH+]1CCCCC1)Nc1cccc(Cl)c1. The Balaban J connectivity index is 1.67. The molecule has 5 heteroatoms. The van der Waals surface area contributed by atoms with Crippen molar-refractivity contribution in [3.63, 3.8) is 0 Å². The van der Waals surface area contributed by atoms with Gasteiger partial charge in [0.1, 0.15) is 0 Å². The first-order valence-electron chi connectivity index (χ1n) is 6.88. The van der Waals surface area contributed by atoms with Crippen molar-refractivity contribution in [3.05, 3.63) is 29.3 Å². The number of carbonyl (C=O) groups excluding carboxylic acids is 1. The van der Waals surface area contributed by atoms with E-state index in [0.717, 1.165) is 12.2 Å². The molecule has 1 aliphatic heterocycles. The van der Waals surface area contributed by atoms with Crippen LogP contribution in [0, 0.1) is 0 Å². The molecule has 2 amide bonds. The molecular formula is C14H21ClN3O+. The van der Waals surface area contributed by atoms with Crippen LogP contribution in [0.1, 0.15) is 19.3 Å². The van der Waals surface area contributed by atoms with E-state index in [-0.39, 0.29) is 6.03 Å². The van der Waals surface area contributed by atoms with Crippen LogP contribution in [0.15, 0.2) is 24.3 Å². The summed E-state index contributed by atoms with van der Waals surface area (Å²) in [6.07, 6.45) is 3.97. The third kappa shape index (κ3) is 5.09. The third-order valence-corrected chi connectivity index (χ3v) is 3.64. The Hall–Kier alpha value is -1.26. The molecule has 1 aliphatic rings. The van der Waals surface area contributed by atoms with Crippen LogP contribution in [-0.4, -0.2) is 32.2 Å². The topological polar surface area (TPSA) is 45.6 Å². The largest absolute Gasteiger partial charge is 0.333 e. The number of halogens is 1. The molecule has 0 atom stereocenters. The molecule has 2 rings (SSSR count). The summed E-state index contributed by atoms with van der Waals surface area (Å²) < 4.78 is 0. The van der Waals surface area contributed by atoms with Crippen molar-refractivity contribution in [1.82, 2.24) is 5.32 Å². The van der Waals surface area contributed by atoms with Crippen molar-refractivity contribution >= 4 is 23.3 Å². The molecule has 19 heavy (non-hydrogen) atoms. The maximum atomic E-state index is 11.7. The maximum Gasteiger partial charge on any atom is 0.319 e. The zero-order chi connectivity index (χ0) is 13.5. The average Bonchev–Trinajstić information content (AvgIpc) is 2.40. The number of carbonyl (C=O) groups is 1. The Morgan fingerprint density at radius 2 is 2.05 bits per heavy atom. The van der Waals surface area contributed by atoms with Crippen molar-refractivity contribution in [2.45, 2.75) is 19.3 Å². The van der Waals surface area contributed by atoms with Crippen molar-refractivity contribution in [3.8, 4) is 0 Å². The number of piperidine rings is 1. The molecule has 0 aliphatic carbocycles. The molecule has 0 aromatic heterocycles. The maximum absolute atomic E-state index is 11.7. The highest BCUT2D eigenvalue weighted by molar-refractivity contribution is 6.30. The Labute approximate surface area is 119 Å². The van der Waals surface area contributed by atoms with E-state index in [4.69, 9.17) is 11.6 Å². The zero-order valence-electron chi connectivity index (χ0n) is 11.0. The molecule has 0 spiro atoms. The summed E-state index contributed by atoms with van der Waals surface area (Å²) in [5, 5.41) is 6.28. The Kier molecular flexibility index (Phi) is 5.48. The fraction of sp³-hybridized carbons (Fsp3) is 0.500. The van der Waals surface area contributed by atoms with Gasteiger partial charge in [-0.15, -0.1) is 0 Å². The number of hydrogen-bond donors (Lipinski definition) is 3. The van der Waals surface area contributed by atoms with E-state index in [1.165, 1.54) is 32.4 Å². The smallest absolute Gasteiger partial charge is 0.319 e. The standard InChI is InChI=1S/C14H20ClN3O/c15-12-5-4-6-13(11-12)17-14(19)16-7-10-18-8-2-1-3-9-18/h4-6,11H,1-3,7-10H2,(H2,16,17,19)/p+1. The lowest BCUT2D eigenvalue weighted by Gasteiger charge is -2.23.